The number of anilines is 1. The normalized spacial score (nSPS) is 38.0. The summed E-state index contributed by atoms with van der Waals surface area (Å²) >= 11 is 0. The van der Waals surface area contributed by atoms with Gasteiger partial charge in [-0.1, -0.05) is 24.6 Å². The Morgan fingerprint density at radius 2 is 1.72 bits per heavy atom. The summed E-state index contributed by atoms with van der Waals surface area (Å²) in [6.07, 6.45) is 7.87. The first-order chi connectivity index (χ1) is 8.81. The second kappa shape index (κ2) is 3.37. The van der Waals surface area contributed by atoms with Crippen molar-refractivity contribution in [2.45, 2.75) is 56.0 Å². The highest BCUT2D eigenvalue weighted by Crippen LogP contribution is 2.67. The first-order valence-electron chi connectivity index (χ1n) is 7.20. The summed E-state index contributed by atoms with van der Waals surface area (Å²) in [5.41, 5.74) is 1.35. The van der Waals surface area contributed by atoms with Gasteiger partial charge in [-0.15, -0.1) is 0 Å². The second-order valence-corrected chi connectivity index (χ2v) is 6.05. The molecule has 0 radical (unpaired) electrons. The van der Waals surface area contributed by atoms with E-state index in [4.69, 9.17) is 0 Å². The molecule has 4 rings (SSSR count). The Morgan fingerprint density at radius 3 is 2.56 bits per heavy atom. The molecule has 0 N–H and O–H groups in total. The highest BCUT2D eigenvalue weighted by Gasteiger charge is 2.79. The lowest BCUT2D eigenvalue weighted by Gasteiger charge is -2.19. The van der Waals surface area contributed by atoms with E-state index in [0.29, 0.717) is 5.78 Å². The zero-order chi connectivity index (χ0) is 12.2. The van der Waals surface area contributed by atoms with Crippen LogP contribution in [0.3, 0.4) is 0 Å². The van der Waals surface area contributed by atoms with E-state index in [1.165, 1.54) is 31.4 Å². The van der Waals surface area contributed by atoms with Crippen molar-refractivity contribution in [3.8, 4) is 0 Å². The van der Waals surface area contributed by atoms with Gasteiger partial charge in [-0.25, -0.2) is 0 Å². The summed E-state index contributed by atoms with van der Waals surface area (Å²) in [6.45, 7) is 0. The Kier molecular flexibility index (Phi) is 1.98. The van der Waals surface area contributed by atoms with Crippen LogP contribution in [0.1, 0.15) is 44.9 Å². The van der Waals surface area contributed by atoms with Crippen molar-refractivity contribution < 1.29 is 4.79 Å². The van der Waals surface area contributed by atoms with Crippen LogP contribution in [-0.4, -0.2) is 16.9 Å². The molecule has 2 aliphatic carbocycles. The number of hydrogen-bond donors (Lipinski definition) is 0. The fourth-order valence-corrected chi connectivity index (χ4v) is 4.73. The molecule has 0 amide bonds. The molecule has 18 heavy (non-hydrogen) atoms. The maximum atomic E-state index is 12.6. The molecule has 2 unspecified atom stereocenters. The minimum atomic E-state index is -0.106. The van der Waals surface area contributed by atoms with Gasteiger partial charge in [0.1, 0.15) is 5.54 Å². The van der Waals surface area contributed by atoms with Gasteiger partial charge in [-0.3, -0.25) is 4.79 Å². The topological polar surface area (TPSA) is 20.1 Å². The van der Waals surface area contributed by atoms with Gasteiger partial charge in [0.05, 0.1) is 5.54 Å². The summed E-state index contributed by atoms with van der Waals surface area (Å²) < 4.78 is 0. The lowest BCUT2D eigenvalue weighted by Crippen LogP contribution is -2.29. The third-order valence-electron chi connectivity index (χ3n) is 5.38. The van der Waals surface area contributed by atoms with Gasteiger partial charge in [-0.05, 0) is 44.2 Å². The molecule has 0 spiro atoms. The standard InChI is InChI=1S/C16H19NO/c18-14-9-4-5-10-15-11-6-12-16(14,15)17(15)13-7-2-1-3-8-13/h1-3,7-8H,4-6,9-12H2. The number of carbonyl (C=O) groups excluding carboxylic acids is 1. The van der Waals surface area contributed by atoms with Crippen LogP contribution in [0.2, 0.25) is 0 Å². The Morgan fingerprint density at radius 1 is 0.944 bits per heavy atom. The van der Waals surface area contributed by atoms with Gasteiger partial charge < -0.3 is 4.90 Å². The Hall–Kier alpha value is -1.31. The van der Waals surface area contributed by atoms with Crippen LogP contribution in [0.4, 0.5) is 5.69 Å². The van der Waals surface area contributed by atoms with E-state index in [1.807, 2.05) is 0 Å². The van der Waals surface area contributed by atoms with Gasteiger partial charge in [0.25, 0.3) is 0 Å². The van der Waals surface area contributed by atoms with Crippen LogP contribution in [0, 0.1) is 0 Å². The number of benzene rings is 1. The zero-order valence-electron chi connectivity index (χ0n) is 10.7. The Balaban J connectivity index is 1.81. The molecule has 0 aromatic heterocycles. The average Bonchev–Trinajstić information content (AvgIpc) is 2.84. The quantitative estimate of drug-likeness (QED) is 0.703. The summed E-state index contributed by atoms with van der Waals surface area (Å²) in [5, 5.41) is 0. The molecule has 0 bridgehead atoms. The smallest absolute Gasteiger partial charge is 0.160 e. The van der Waals surface area contributed by atoms with Crippen LogP contribution < -0.4 is 4.90 Å². The van der Waals surface area contributed by atoms with Gasteiger partial charge in [0.15, 0.2) is 5.78 Å². The average molecular weight is 241 g/mol. The molecule has 2 nitrogen and oxygen atoms in total. The number of piperidine rings is 1. The summed E-state index contributed by atoms with van der Waals surface area (Å²) in [6, 6.07) is 10.5. The summed E-state index contributed by atoms with van der Waals surface area (Å²) in [7, 11) is 0. The molecule has 1 heterocycles. The molecule has 2 saturated carbocycles. The van der Waals surface area contributed by atoms with Crippen LogP contribution in [0.15, 0.2) is 30.3 Å². The fraction of sp³-hybridized carbons (Fsp3) is 0.562. The predicted octanol–water partition coefficient (Wildman–Crippen LogP) is 3.31. The highest BCUT2D eigenvalue weighted by atomic mass is 16.1. The van der Waals surface area contributed by atoms with Crippen LogP contribution in [0.5, 0.6) is 0 Å². The van der Waals surface area contributed by atoms with E-state index < -0.39 is 0 Å². The number of ketones is 1. The van der Waals surface area contributed by atoms with Crippen molar-refractivity contribution in [2.24, 2.45) is 0 Å². The van der Waals surface area contributed by atoms with E-state index in [-0.39, 0.29) is 11.1 Å². The van der Waals surface area contributed by atoms with Gasteiger partial charge >= 0.3 is 0 Å². The molecule has 1 aliphatic heterocycles. The van der Waals surface area contributed by atoms with Crippen molar-refractivity contribution in [3.63, 3.8) is 0 Å². The van der Waals surface area contributed by atoms with E-state index in [1.54, 1.807) is 0 Å². The Labute approximate surface area is 108 Å². The minimum Gasteiger partial charge on any atom is -0.348 e. The van der Waals surface area contributed by atoms with Crippen LogP contribution in [0.25, 0.3) is 0 Å². The molecule has 3 fully saturated rings. The molecular formula is C16H19NO. The van der Waals surface area contributed by atoms with E-state index in [2.05, 4.69) is 35.2 Å². The fourth-order valence-electron chi connectivity index (χ4n) is 4.73. The Bertz CT molecular complexity index is 497. The van der Waals surface area contributed by atoms with Gasteiger partial charge in [0.2, 0.25) is 0 Å². The molecular weight excluding hydrogens is 222 g/mol. The third-order valence-corrected chi connectivity index (χ3v) is 5.38. The molecule has 1 saturated heterocycles. The number of hydrogen-bond acceptors (Lipinski definition) is 2. The van der Waals surface area contributed by atoms with E-state index >= 15 is 0 Å². The molecule has 1 aromatic carbocycles. The van der Waals surface area contributed by atoms with E-state index in [0.717, 1.165) is 19.3 Å². The maximum absolute atomic E-state index is 12.6. The van der Waals surface area contributed by atoms with Crippen LogP contribution >= 0.6 is 0 Å². The van der Waals surface area contributed by atoms with Crippen LogP contribution in [-0.2, 0) is 4.79 Å². The van der Waals surface area contributed by atoms with Crippen molar-refractivity contribution in [1.29, 1.82) is 0 Å². The number of carbonyl (C=O) groups is 1. The molecule has 2 heteroatoms. The second-order valence-electron chi connectivity index (χ2n) is 6.05. The van der Waals surface area contributed by atoms with Crippen molar-refractivity contribution in [1.82, 2.24) is 0 Å². The lowest BCUT2D eigenvalue weighted by molar-refractivity contribution is -0.121. The summed E-state index contributed by atoms with van der Waals surface area (Å²) in [4.78, 5) is 15.1. The number of rotatable bonds is 1. The monoisotopic (exact) mass is 241 g/mol. The molecule has 3 aliphatic rings. The first kappa shape index (κ1) is 10.6. The first-order valence-corrected chi connectivity index (χ1v) is 7.20. The van der Waals surface area contributed by atoms with Crippen molar-refractivity contribution in [3.05, 3.63) is 30.3 Å². The minimum absolute atomic E-state index is 0.106. The molecule has 1 aromatic rings. The highest BCUT2D eigenvalue weighted by molar-refractivity contribution is 6.02. The SMILES string of the molecule is O=C1CCCCC23CCCC12N3c1ccccc1. The third kappa shape index (κ3) is 1.03. The number of Topliss-reactive ketones (excluding diaryl/α,β-unsaturated/α-hetero) is 1. The number of para-hydroxylation sites is 1. The van der Waals surface area contributed by atoms with Gasteiger partial charge in [0, 0.05) is 12.1 Å². The van der Waals surface area contributed by atoms with E-state index in [9.17, 15) is 4.79 Å². The van der Waals surface area contributed by atoms with Crippen molar-refractivity contribution in [2.75, 3.05) is 4.90 Å². The molecule has 94 valence electrons. The maximum Gasteiger partial charge on any atom is 0.160 e. The zero-order valence-corrected chi connectivity index (χ0v) is 10.7. The van der Waals surface area contributed by atoms with Crippen molar-refractivity contribution >= 4 is 11.5 Å². The summed E-state index contributed by atoms with van der Waals surface area (Å²) in [5.74, 6) is 0.515. The lowest BCUT2D eigenvalue weighted by atomic mass is 9.91. The number of nitrogens with zero attached hydrogens (tertiary/aromatic N) is 1. The molecule has 2 atom stereocenters. The predicted molar refractivity (Wildman–Crippen MR) is 71.7 cm³/mol. The van der Waals surface area contributed by atoms with Gasteiger partial charge in [-0.2, -0.15) is 0 Å². The largest absolute Gasteiger partial charge is 0.348 e.